The first kappa shape index (κ1) is 21.5. The zero-order valence-corrected chi connectivity index (χ0v) is 16.5. The monoisotopic (exact) mass is 394 g/mol. The van der Waals surface area contributed by atoms with Gasteiger partial charge in [0.1, 0.15) is 17.4 Å². The van der Waals surface area contributed by atoms with Gasteiger partial charge in [-0.1, -0.05) is 38.1 Å². The van der Waals surface area contributed by atoms with Gasteiger partial charge in [0.2, 0.25) is 0 Å². The molecule has 0 saturated heterocycles. The first-order chi connectivity index (χ1) is 13.8. The van der Waals surface area contributed by atoms with Crippen LogP contribution in [0.1, 0.15) is 30.9 Å². The fourth-order valence-electron chi connectivity index (χ4n) is 2.56. The first-order valence-corrected chi connectivity index (χ1v) is 8.87. The lowest BCUT2D eigenvalue weighted by atomic mass is 10.0. The number of carbonyl (C=O) groups excluding carboxylic acids is 2. The quantitative estimate of drug-likeness (QED) is 0.318. The highest BCUT2D eigenvalue weighted by Crippen LogP contribution is 2.30. The van der Waals surface area contributed by atoms with Crippen LogP contribution in [0, 0.1) is 11.3 Å². The Balaban J connectivity index is 2.11. The van der Waals surface area contributed by atoms with Gasteiger partial charge >= 0.3 is 5.97 Å². The summed E-state index contributed by atoms with van der Waals surface area (Å²) in [5, 5.41) is 8.93. The van der Waals surface area contributed by atoms with Crippen LogP contribution in [0.3, 0.4) is 0 Å². The highest BCUT2D eigenvalue weighted by molar-refractivity contribution is 6.00. The van der Waals surface area contributed by atoms with E-state index in [0.717, 1.165) is 5.56 Å². The summed E-state index contributed by atoms with van der Waals surface area (Å²) in [4.78, 5) is 23.4. The lowest BCUT2D eigenvalue weighted by Gasteiger charge is -2.14. The van der Waals surface area contributed by atoms with Crippen LogP contribution >= 0.6 is 0 Å². The van der Waals surface area contributed by atoms with Crippen molar-refractivity contribution in [3.63, 3.8) is 0 Å². The van der Waals surface area contributed by atoms with Gasteiger partial charge < -0.3 is 19.9 Å². The van der Waals surface area contributed by atoms with Gasteiger partial charge in [0.15, 0.2) is 18.1 Å². The van der Waals surface area contributed by atoms with E-state index in [0.29, 0.717) is 11.3 Å². The topological polar surface area (TPSA) is 112 Å². The first-order valence-electron chi connectivity index (χ1n) is 8.87. The summed E-state index contributed by atoms with van der Waals surface area (Å²) in [7, 11) is 1.41. The Morgan fingerprint density at radius 2 is 1.86 bits per heavy atom. The number of methoxy groups -OCH3 is 1. The number of nitrogens with zero attached hydrogens (tertiary/aromatic N) is 1. The van der Waals surface area contributed by atoms with Gasteiger partial charge in [0, 0.05) is 0 Å². The fraction of sp³-hybridized carbons (Fsp3) is 0.227. The number of primary amides is 1. The summed E-state index contributed by atoms with van der Waals surface area (Å²) in [6, 6.07) is 13.8. The molecular weight excluding hydrogens is 372 g/mol. The number of amides is 1. The molecule has 0 atom stereocenters. The van der Waals surface area contributed by atoms with Gasteiger partial charge in [-0.15, -0.1) is 0 Å². The van der Waals surface area contributed by atoms with E-state index in [-0.39, 0.29) is 29.6 Å². The van der Waals surface area contributed by atoms with Crippen molar-refractivity contribution < 1.29 is 23.8 Å². The van der Waals surface area contributed by atoms with E-state index in [9.17, 15) is 9.59 Å². The average molecular weight is 394 g/mol. The molecule has 0 bridgehead atoms. The van der Waals surface area contributed by atoms with Gasteiger partial charge in [-0.25, -0.2) is 4.79 Å². The Morgan fingerprint density at radius 3 is 2.48 bits per heavy atom. The third kappa shape index (κ3) is 5.84. The number of carbonyl (C=O) groups is 2. The second-order valence-electron chi connectivity index (χ2n) is 6.40. The number of esters is 1. The van der Waals surface area contributed by atoms with Gasteiger partial charge in [-0.2, -0.15) is 5.26 Å². The second kappa shape index (κ2) is 9.95. The van der Waals surface area contributed by atoms with Crippen molar-refractivity contribution in [2.75, 3.05) is 13.7 Å². The van der Waals surface area contributed by atoms with E-state index in [4.69, 9.17) is 25.2 Å². The molecule has 0 radical (unpaired) electrons. The number of rotatable bonds is 8. The molecule has 2 aromatic carbocycles. The minimum Gasteiger partial charge on any atom is -0.493 e. The Labute approximate surface area is 169 Å². The number of hydrogen-bond donors (Lipinski definition) is 1. The molecule has 2 aromatic rings. The number of nitriles is 1. The minimum atomic E-state index is -0.833. The third-order valence-corrected chi connectivity index (χ3v) is 3.99. The molecule has 7 heteroatoms. The van der Waals surface area contributed by atoms with Crippen molar-refractivity contribution in [1.82, 2.24) is 0 Å². The predicted molar refractivity (Wildman–Crippen MR) is 107 cm³/mol. The number of hydrogen-bond acceptors (Lipinski definition) is 6. The zero-order valence-electron chi connectivity index (χ0n) is 16.5. The SMILES string of the molecule is COc1cc(/C=C(\C#N)C(N)=O)ccc1OC(=O)COc1ccccc1C(C)C. The summed E-state index contributed by atoms with van der Waals surface area (Å²) in [6.07, 6.45) is 1.32. The van der Waals surface area contributed by atoms with Crippen LogP contribution in [0.2, 0.25) is 0 Å². The van der Waals surface area contributed by atoms with E-state index in [1.54, 1.807) is 18.2 Å². The summed E-state index contributed by atoms with van der Waals surface area (Å²) in [5.74, 6) is -0.103. The molecule has 2 rings (SSSR count). The Hall–Kier alpha value is -3.79. The third-order valence-electron chi connectivity index (χ3n) is 3.99. The lowest BCUT2D eigenvalue weighted by molar-refractivity contribution is -0.136. The predicted octanol–water partition coefficient (Wildman–Crippen LogP) is 3.20. The number of ether oxygens (including phenoxy) is 3. The largest absolute Gasteiger partial charge is 0.493 e. The van der Waals surface area contributed by atoms with Gasteiger partial charge in [0.05, 0.1) is 7.11 Å². The van der Waals surface area contributed by atoms with Crippen molar-refractivity contribution >= 4 is 18.0 Å². The molecule has 0 saturated carbocycles. The number of benzene rings is 2. The zero-order chi connectivity index (χ0) is 21.4. The second-order valence-corrected chi connectivity index (χ2v) is 6.40. The van der Waals surface area contributed by atoms with Crippen LogP contribution in [0.25, 0.3) is 6.08 Å². The molecule has 0 unspecified atom stereocenters. The van der Waals surface area contributed by atoms with Crippen LogP contribution in [0.5, 0.6) is 17.2 Å². The van der Waals surface area contributed by atoms with Crippen molar-refractivity contribution in [3.05, 3.63) is 59.2 Å². The van der Waals surface area contributed by atoms with Crippen LogP contribution in [0.4, 0.5) is 0 Å². The standard InChI is InChI=1S/C22H22N2O5/c1-14(2)17-6-4-5-7-18(17)28-13-21(25)29-19-9-8-15(11-20(19)27-3)10-16(12-23)22(24)26/h4-11,14H,13H2,1-3H3,(H2,24,26)/b16-10+. The summed E-state index contributed by atoms with van der Waals surface area (Å²) in [5.41, 5.74) is 6.42. The van der Waals surface area contributed by atoms with Crippen LogP contribution in [0.15, 0.2) is 48.0 Å². The summed E-state index contributed by atoms with van der Waals surface area (Å²) in [6.45, 7) is 3.81. The molecule has 150 valence electrons. The fourth-order valence-corrected chi connectivity index (χ4v) is 2.56. The van der Waals surface area contributed by atoms with Crippen LogP contribution < -0.4 is 19.9 Å². The highest BCUT2D eigenvalue weighted by atomic mass is 16.6. The Bertz CT molecular complexity index is 973. The molecule has 0 spiro atoms. The van der Waals surface area contributed by atoms with E-state index in [1.165, 1.54) is 25.3 Å². The van der Waals surface area contributed by atoms with Crippen LogP contribution in [-0.4, -0.2) is 25.6 Å². The van der Waals surface area contributed by atoms with Gasteiger partial charge in [-0.05, 0) is 41.3 Å². The molecule has 0 heterocycles. The highest BCUT2D eigenvalue weighted by Gasteiger charge is 2.14. The van der Waals surface area contributed by atoms with E-state index < -0.39 is 11.9 Å². The molecule has 1 amide bonds. The molecular formula is C22H22N2O5. The number of para-hydroxylation sites is 1. The molecule has 0 aromatic heterocycles. The number of nitrogens with two attached hydrogens (primary N) is 1. The molecule has 0 aliphatic heterocycles. The van der Waals surface area contributed by atoms with Crippen molar-refractivity contribution in [1.29, 1.82) is 5.26 Å². The van der Waals surface area contributed by atoms with Gasteiger partial charge in [-0.3, -0.25) is 4.79 Å². The molecule has 29 heavy (non-hydrogen) atoms. The minimum absolute atomic E-state index is 0.188. The maximum Gasteiger partial charge on any atom is 0.349 e. The van der Waals surface area contributed by atoms with E-state index in [2.05, 4.69) is 0 Å². The van der Waals surface area contributed by atoms with E-state index in [1.807, 2.05) is 32.0 Å². The van der Waals surface area contributed by atoms with E-state index >= 15 is 0 Å². The maximum absolute atomic E-state index is 12.2. The maximum atomic E-state index is 12.2. The smallest absolute Gasteiger partial charge is 0.349 e. The Kier molecular flexibility index (Phi) is 7.38. The normalized spacial score (nSPS) is 10.9. The lowest BCUT2D eigenvalue weighted by Crippen LogP contribution is -2.18. The Morgan fingerprint density at radius 1 is 1.14 bits per heavy atom. The molecule has 2 N–H and O–H groups in total. The van der Waals surface area contributed by atoms with Crippen molar-refractivity contribution in [3.8, 4) is 23.3 Å². The van der Waals surface area contributed by atoms with Gasteiger partial charge in [0.25, 0.3) is 5.91 Å². The molecule has 0 aliphatic carbocycles. The van der Waals surface area contributed by atoms with Crippen molar-refractivity contribution in [2.45, 2.75) is 19.8 Å². The molecule has 0 aliphatic rings. The summed E-state index contributed by atoms with van der Waals surface area (Å²) >= 11 is 0. The molecule has 0 fully saturated rings. The average Bonchev–Trinajstić information content (AvgIpc) is 2.71. The molecule has 7 nitrogen and oxygen atoms in total. The summed E-state index contributed by atoms with van der Waals surface area (Å²) < 4.78 is 16.2. The van der Waals surface area contributed by atoms with Crippen molar-refractivity contribution in [2.24, 2.45) is 5.73 Å². The van der Waals surface area contributed by atoms with Crippen LogP contribution in [-0.2, 0) is 9.59 Å².